The molecule has 120 valence electrons. The monoisotopic (exact) mass is 316 g/mol. The maximum absolute atomic E-state index is 11.7. The smallest absolute Gasteiger partial charge is 0.215 e. The fraction of sp³-hybridized carbons (Fsp3) is 0.571. The van der Waals surface area contributed by atoms with Gasteiger partial charge in [-0.15, -0.1) is 0 Å². The van der Waals surface area contributed by atoms with Crippen molar-refractivity contribution >= 4 is 15.7 Å². The van der Waals surface area contributed by atoms with Gasteiger partial charge in [-0.25, -0.2) is 13.1 Å². The third kappa shape index (κ3) is 8.54. The van der Waals surface area contributed by atoms with E-state index in [-0.39, 0.29) is 18.9 Å². The van der Waals surface area contributed by atoms with Crippen LogP contribution in [-0.4, -0.2) is 40.5 Å². The van der Waals surface area contributed by atoms with Gasteiger partial charge < -0.3 is 15.2 Å². The summed E-state index contributed by atoms with van der Waals surface area (Å²) in [5, 5.41) is 0. The number of sulfonamides is 1. The van der Waals surface area contributed by atoms with Crippen molar-refractivity contribution in [2.75, 3.05) is 37.9 Å². The SMILES string of the molecule is CCCCOCCNS(=O)(=O)CCOc1cccc(N)c1. The minimum absolute atomic E-state index is 0.0788. The van der Waals surface area contributed by atoms with Gasteiger partial charge in [-0.2, -0.15) is 0 Å². The van der Waals surface area contributed by atoms with E-state index in [1.165, 1.54) is 0 Å². The Balaban J connectivity index is 2.17. The van der Waals surface area contributed by atoms with Gasteiger partial charge in [-0.1, -0.05) is 19.4 Å². The van der Waals surface area contributed by atoms with Gasteiger partial charge in [-0.05, 0) is 18.6 Å². The van der Waals surface area contributed by atoms with Crippen LogP contribution in [0.5, 0.6) is 5.75 Å². The van der Waals surface area contributed by atoms with E-state index in [0.717, 1.165) is 12.8 Å². The second kappa shape index (κ2) is 9.59. The molecule has 21 heavy (non-hydrogen) atoms. The molecule has 3 N–H and O–H groups in total. The lowest BCUT2D eigenvalue weighted by Gasteiger charge is -2.09. The summed E-state index contributed by atoms with van der Waals surface area (Å²) in [6.45, 7) is 3.48. The summed E-state index contributed by atoms with van der Waals surface area (Å²) >= 11 is 0. The predicted molar refractivity (Wildman–Crippen MR) is 83.9 cm³/mol. The molecule has 0 bridgehead atoms. The molecule has 0 radical (unpaired) electrons. The summed E-state index contributed by atoms with van der Waals surface area (Å²) in [4.78, 5) is 0. The van der Waals surface area contributed by atoms with Crippen molar-refractivity contribution in [3.63, 3.8) is 0 Å². The molecule has 0 atom stereocenters. The van der Waals surface area contributed by atoms with Crippen LogP contribution >= 0.6 is 0 Å². The number of benzene rings is 1. The van der Waals surface area contributed by atoms with Crippen LogP contribution in [0.25, 0.3) is 0 Å². The first-order chi connectivity index (χ1) is 10.0. The highest BCUT2D eigenvalue weighted by molar-refractivity contribution is 7.89. The Labute approximate surface area is 126 Å². The van der Waals surface area contributed by atoms with E-state index in [4.69, 9.17) is 15.2 Å². The van der Waals surface area contributed by atoms with Gasteiger partial charge in [0.25, 0.3) is 0 Å². The van der Waals surface area contributed by atoms with Crippen LogP contribution in [0.15, 0.2) is 24.3 Å². The Kier molecular flexibility index (Phi) is 8.11. The Hall–Kier alpha value is -1.31. The fourth-order valence-corrected chi connectivity index (χ4v) is 2.40. The molecule has 0 saturated carbocycles. The quantitative estimate of drug-likeness (QED) is 0.475. The number of rotatable bonds is 11. The van der Waals surface area contributed by atoms with Gasteiger partial charge in [-0.3, -0.25) is 0 Å². The number of hydrogen-bond donors (Lipinski definition) is 2. The van der Waals surface area contributed by atoms with Crippen molar-refractivity contribution in [1.82, 2.24) is 4.72 Å². The van der Waals surface area contributed by atoms with Crippen LogP contribution in [0.4, 0.5) is 5.69 Å². The lowest BCUT2D eigenvalue weighted by atomic mass is 10.3. The average molecular weight is 316 g/mol. The summed E-state index contributed by atoms with van der Waals surface area (Å²) in [6, 6.07) is 6.88. The van der Waals surface area contributed by atoms with E-state index in [2.05, 4.69) is 11.6 Å². The maximum Gasteiger partial charge on any atom is 0.215 e. The lowest BCUT2D eigenvalue weighted by Crippen LogP contribution is -2.31. The molecule has 0 aliphatic carbocycles. The van der Waals surface area contributed by atoms with Gasteiger partial charge in [0.05, 0.1) is 12.4 Å². The summed E-state index contributed by atoms with van der Waals surface area (Å²) in [5.41, 5.74) is 6.19. The third-order valence-electron chi connectivity index (χ3n) is 2.69. The van der Waals surface area contributed by atoms with Gasteiger partial charge in [0, 0.05) is 24.9 Å². The molecule has 1 rings (SSSR count). The predicted octanol–water partition coefficient (Wildman–Crippen LogP) is 1.38. The first kappa shape index (κ1) is 17.7. The Bertz CT molecular complexity index is 505. The number of nitrogens with two attached hydrogens (primary N) is 1. The molecule has 0 saturated heterocycles. The Morgan fingerprint density at radius 3 is 2.76 bits per heavy atom. The first-order valence-corrected chi connectivity index (χ1v) is 8.72. The second-order valence-electron chi connectivity index (χ2n) is 4.60. The molecule has 1 aromatic carbocycles. The molecule has 0 aliphatic rings. The van der Waals surface area contributed by atoms with Crippen LogP contribution in [0.1, 0.15) is 19.8 Å². The maximum atomic E-state index is 11.7. The van der Waals surface area contributed by atoms with Crippen LogP contribution in [0.3, 0.4) is 0 Å². The van der Waals surface area contributed by atoms with Crippen molar-refractivity contribution in [3.8, 4) is 5.75 Å². The van der Waals surface area contributed by atoms with Crippen LogP contribution in [-0.2, 0) is 14.8 Å². The fourth-order valence-electron chi connectivity index (χ4n) is 1.56. The normalized spacial score (nSPS) is 11.5. The zero-order valence-corrected chi connectivity index (χ0v) is 13.2. The minimum atomic E-state index is -3.34. The van der Waals surface area contributed by atoms with E-state index in [0.29, 0.717) is 24.7 Å². The molecular formula is C14H24N2O4S. The number of anilines is 1. The van der Waals surface area contributed by atoms with Gasteiger partial charge in [0.1, 0.15) is 12.4 Å². The topological polar surface area (TPSA) is 90.6 Å². The number of hydrogen-bond acceptors (Lipinski definition) is 5. The number of nitrogens with one attached hydrogen (secondary N) is 1. The van der Waals surface area contributed by atoms with Crippen molar-refractivity contribution < 1.29 is 17.9 Å². The number of unbranched alkanes of at least 4 members (excludes halogenated alkanes) is 1. The standard InChI is InChI=1S/C14H24N2O4S/c1-2-3-8-19-9-7-16-21(17,18)11-10-20-14-6-4-5-13(15)12-14/h4-6,12,16H,2-3,7-11,15H2,1H3. The summed E-state index contributed by atoms with van der Waals surface area (Å²) < 4.78 is 36.5. The van der Waals surface area contributed by atoms with E-state index < -0.39 is 10.0 Å². The first-order valence-electron chi connectivity index (χ1n) is 7.07. The minimum Gasteiger partial charge on any atom is -0.492 e. The molecule has 0 aromatic heterocycles. The largest absolute Gasteiger partial charge is 0.492 e. The van der Waals surface area contributed by atoms with E-state index in [1.54, 1.807) is 24.3 Å². The second-order valence-corrected chi connectivity index (χ2v) is 6.53. The Morgan fingerprint density at radius 1 is 1.24 bits per heavy atom. The van der Waals surface area contributed by atoms with E-state index in [1.807, 2.05) is 0 Å². The third-order valence-corrected chi connectivity index (χ3v) is 4.04. The summed E-state index contributed by atoms with van der Waals surface area (Å²) in [5.74, 6) is 0.463. The molecule has 0 spiro atoms. The number of nitrogen functional groups attached to an aromatic ring is 1. The van der Waals surface area contributed by atoms with Crippen molar-refractivity contribution in [2.24, 2.45) is 0 Å². The zero-order valence-electron chi connectivity index (χ0n) is 12.4. The highest BCUT2D eigenvalue weighted by atomic mass is 32.2. The van der Waals surface area contributed by atoms with Crippen molar-refractivity contribution in [2.45, 2.75) is 19.8 Å². The van der Waals surface area contributed by atoms with Crippen molar-refractivity contribution in [3.05, 3.63) is 24.3 Å². The molecule has 0 unspecified atom stereocenters. The van der Waals surface area contributed by atoms with Crippen LogP contribution < -0.4 is 15.2 Å². The van der Waals surface area contributed by atoms with Gasteiger partial charge in [0.15, 0.2) is 0 Å². The molecule has 0 heterocycles. The highest BCUT2D eigenvalue weighted by Gasteiger charge is 2.09. The van der Waals surface area contributed by atoms with Crippen LogP contribution in [0, 0.1) is 0 Å². The van der Waals surface area contributed by atoms with Crippen molar-refractivity contribution in [1.29, 1.82) is 0 Å². The molecule has 6 nitrogen and oxygen atoms in total. The number of ether oxygens (including phenoxy) is 2. The average Bonchev–Trinajstić information content (AvgIpc) is 2.42. The highest BCUT2D eigenvalue weighted by Crippen LogP contribution is 2.14. The Morgan fingerprint density at radius 2 is 2.05 bits per heavy atom. The lowest BCUT2D eigenvalue weighted by molar-refractivity contribution is 0.136. The molecule has 0 amide bonds. The van der Waals surface area contributed by atoms with Crippen LogP contribution in [0.2, 0.25) is 0 Å². The molecule has 7 heteroatoms. The van der Waals surface area contributed by atoms with Gasteiger partial charge >= 0.3 is 0 Å². The summed E-state index contributed by atoms with van der Waals surface area (Å²) in [7, 11) is -3.34. The van der Waals surface area contributed by atoms with E-state index >= 15 is 0 Å². The zero-order chi connectivity index (χ0) is 15.6. The molecular weight excluding hydrogens is 292 g/mol. The molecule has 0 aliphatic heterocycles. The molecule has 0 fully saturated rings. The van der Waals surface area contributed by atoms with Gasteiger partial charge in [0.2, 0.25) is 10.0 Å². The van der Waals surface area contributed by atoms with E-state index in [9.17, 15) is 8.42 Å². The summed E-state index contributed by atoms with van der Waals surface area (Å²) in [6.07, 6.45) is 2.05. The molecule has 1 aromatic rings.